The van der Waals surface area contributed by atoms with Crippen molar-refractivity contribution in [3.05, 3.63) is 65.2 Å². The number of amides is 1. The van der Waals surface area contributed by atoms with Gasteiger partial charge in [0, 0.05) is 11.6 Å². The van der Waals surface area contributed by atoms with Crippen molar-refractivity contribution in [2.24, 2.45) is 0 Å². The Balaban J connectivity index is 1.95. The lowest BCUT2D eigenvalue weighted by atomic mass is 10.1. The maximum Gasteiger partial charge on any atom is 0.307 e. The van der Waals surface area contributed by atoms with Crippen LogP contribution in [0.3, 0.4) is 0 Å². The van der Waals surface area contributed by atoms with E-state index in [9.17, 15) is 9.59 Å². The van der Waals surface area contributed by atoms with E-state index in [2.05, 4.69) is 16.1 Å². The molecule has 0 saturated carbocycles. The van der Waals surface area contributed by atoms with Gasteiger partial charge >= 0.3 is 5.97 Å². The smallest absolute Gasteiger partial charge is 0.307 e. The first-order chi connectivity index (χ1) is 12.0. The van der Waals surface area contributed by atoms with Crippen LogP contribution < -0.4 is 10.1 Å². The Morgan fingerprint density at radius 3 is 2.60 bits per heavy atom. The zero-order valence-electron chi connectivity index (χ0n) is 14.7. The van der Waals surface area contributed by atoms with Crippen LogP contribution in [0.1, 0.15) is 34.8 Å². The van der Waals surface area contributed by atoms with Crippen LogP contribution in [-0.4, -0.2) is 25.0 Å². The number of aryl methyl sites for hydroxylation is 1. The quantitative estimate of drug-likeness (QED) is 0.785. The minimum absolute atomic E-state index is 0.131. The summed E-state index contributed by atoms with van der Waals surface area (Å²) in [5.74, 6) is 0.00947. The monoisotopic (exact) mass is 341 g/mol. The molecule has 0 bridgehead atoms. The summed E-state index contributed by atoms with van der Waals surface area (Å²) in [6.45, 7) is 4.22. The Labute approximate surface area is 148 Å². The molecule has 0 saturated heterocycles. The largest absolute Gasteiger partial charge is 0.489 e. The highest BCUT2D eigenvalue weighted by atomic mass is 16.5. The van der Waals surface area contributed by atoms with Crippen molar-refractivity contribution in [1.29, 1.82) is 0 Å². The summed E-state index contributed by atoms with van der Waals surface area (Å²) < 4.78 is 10.4. The molecule has 1 N–H and O–H groups in total. The number of rotatable bonds is 7. The number of carbonyl (C=O) groups excluding carboxylic acids is 2. The Kier molecular flexibility index (Phi) is 6.57. The third-order valence-corrected chi connectivity index (χ3v) is 3.66. The van der Waals surface area contributed by atoms with Crippen LogP contribution in [0.15, 0.2) is 48.5 Å². The van der Waals surface area contributed by atoms with Gasteiger partial charge in [0.25, 0.3) is 5.91 Å². The molecule has 0 aromatic heterocycles. The fourth-order valence-corrected chi connectivity index (χ4v) is 2.39. The van der Waals surface area contributed by atoms with E-state index in [4.69, 9.17) is 4.74 Å². The summed E-state index contributed by atoms with van der Waals surface area (Å²) in [4.78, 5) is 23.5. The summed E-state index contributed by atoms with van der Waals surface area (Å²) in [7, 11) is 1.33. The van der Waals surface area contributed by atoms with E-state index in [1.165, 1.54) is 12.7 Å². The second kappa shape index (κ2) is 8.87. The zero-order valence-corrected chi connectivity index (χ0v) is 14.7. The highest BCUT2D eigenvalue weighted by Gasteiger charge is 2.14. The molecule has 5 heteroatoms. The maximum atomic E-state index is 12.3. The fraction of sp³-hybridized carbons (Fsp3) is 0.300. The van der Waals surface area contributed by atoms with Gasteiger partial charge in [-0.1, -0.05) is 35.9 Å². The lowest BCUT2D eigenvalue weighted by Crippen LogP contribution is -2.34. The first kappa shape index (κ1) is 18.5. The number of carbonyl (C=O) groups is 2. The van der Waals surface area contributed by atoms with E-state index in [-0.39, 0.29) is 24.3 Å². The molecular weight excluding hydrogens is 318 g/mol. The van der Waals surface area contributed by atoms with Crippen molar-refractivity contribution < 1.29 is 19.1 Å². The zero-order chi connectivity index (χ0) is 18.2. The Bertz CT molecular complexity index is 742. The van der Waals surface area contributed by atoms with Crippen molar-refractivity contribution in [3.8, 4) is 5.75 Å². The van der Waals surface area contributed by atoms with Gasteiger partial charge in [-0.25, -0.2) is 0 Å². The van der Waals surface area contributed by atoms with E-state index < -0.39 is 0 Å². The number of hydrogen-bond acceptors (Lipinski definition) is 4. The lowest BCUT2D eigenvalue weighted by Gasteiger charge is -2.13. The van der Waals surface area contributed by atoms with Gasteiger partial charge in [-0.05, 0) is 37.6 Å². The molecule has 0 fully saturated rings. The first-order valence-corrected chi connectivity index (χ1v) is 8.14. The molecule has 0 aliphatic rings. The van der Waals surface area contributed by atoms with Crippen LogP contribution in [0, 0.1) is 6.92 Å². The van der Waals surface area contributed by atoms with Crippen LogP contribution in [0.5, 0.6) is 5.75 Å². The van der Waals surface area contributed by atoms with Gasteiger partial charge in [-0.15, -0.1) is 0 Å². The molecule has 25 heavy (non-hydrogen) atoms. The van der Waals surface area contributed by atoms with Gasteiger partial charge in [0.2, 0.25) is 0 Å². The van der Waals surface area contributed by atoms with Gasteiger partial charge < -0.3 is 14.8 Å². The van der Waals surface area contributed by atoms with E-state index in [0.29, 0.717) is 17.9 Å². The minimum atomic E-state index is -0.358. The number of nitrogens with one attached hydrogen (secondary N) is 1. The molecule has 132 valence electrons. The van der Waals surface area contributed by atoms with Gasteiger partial charge in [0.1, 0.15) is 12.4 Å². The highest BCUT2D eigenvalue weighted by molar-refractivity contribution is 5.95. The maximum absolute atomic E-state index is 12.3. The number of ether oxygens (including phenoxy) is 2. The third kappa shape index (κ3) is 5.95. The molecule has 0 heterocycles. The fourth-order valence-electron chi connectivity index (χ4n) is 2.39. The second-order valence-corrected chi connectivity index (χ2v) is 5.96. The molecule has 2 rings (SSSR count). The number of esters is 1. The lowest BCUT2D eigenvalue weighted by molar-refractivity contribution is -0.141. The molecule has 0 aliphatic heterocycles. The standard InChI is InChI=1S/C20H23NO4/c1-14-6-4-7-16(10-14)13-25-18-9-5-8-17(12-18)20(23)21-15(2)11-19(22)24-3/h4-10,12,15H,11,13H2,1-3H3,(H,21,23). The van der Waals surface area contributed by atoms with Crippen molar-refractivity contribution in [2.75, 3.05) is 7.11 Å². The second-order valence-electron chi connectivity index (χ2n) is 5.96. The van der Waals surface area contributed by atoms with Gasteiger partial charge in [-0.3, -0.25) is 9.59 Å². The highest BCUT2D eigenvalue weighted by Crippen LogP contribution is 2.16. The summed E-state index contributed by atoms with van der Waals surface area (Å²) in [5, 5.41) is 2.77. The average molecular weight is 341 g/mol. The molecule has 1 atom stereocenters. The summed E-state index contributed by atoms with van der Waals surface area (Å²) in [6.07, 6.45) is 0.131. The number of benzene rings is 2. The Hall–Kier alpha value is -2.82. The van der Waals surface area contributed by atoms with Crippen molar-refractivity contribution in [3.63, 3.8) is 0 Å². The third-order valence-electron chi connectivity index (χ3n) is 3.66. The average Bonchev–Trinajstić information content (AvgIpc) is 2.60. The molecule has 0 aliphatic carbocycles. The van der Waals surface area contributed by atoms with Gasteiger partial charge in [0.15, 0.2) is 0 Å². The van der Waals surface area contributed by atoms with Crippen LogP contribution >= 0.6 is 0 Å². The van der Waals surface area contributed by atoms with Crippen LogP contribution in [0.25, 0.3) is 0 Å². The summed E-state index contributed by atoms with van der Waals surface area (Å²) in [5.41, 5.74) is 2.73. The van der Waals surface area contributed by atoms with E-state index in [0.717, 1.165) is 5.56 Å². The normalized spacial score (nSPS) is 11.5. The number of hydrogen-bond donors (Lipinski definition) is 1. The molecule has 5 nitrogen and oxygen atoms in total. The Morgan fingerprint density at radius 1 is 1.12 bits per heavy atom. The minimum Gasteiger partial charge on any atom is -0.489 e. The molecule has 2 aromatic carbocycles. The summed E-state index contributed by atoms with van der Waals surface area (Å²) >= 11 is 0. The molecule has 1 unspecified atom stereocenters. The van der Waals surface area contributed by atoms with Crippen molar-refractivity contribution >= 4 is 11.9 Å². The molecule has 0 radical (unpaired) electrons. The molecule has 1 amide bonds. The molecule has 0 spiro atoms. The van der Waals surface area contributed by atoms with Crippen molar-refractivity contribution in [2.45, 2.75) is 32.9 Å². The van der Waals surface area contributed by atoms with E-state index in [1.54, 1.807) is 25.1 Å². The first-order valence-electron chi connectivity index (χ1n) is 8.14. The predicted molar refractivity (Wildman–Crippen MR) is 95.5 cm³/mol. The van der Waals surface area contributed by atoms with E-state index >= 15 is 0 Å². The Morgan fingerprint density at radius 2 is 1.88 bits per heavy atom. The van der Waals surface area contributed by atoms with Crippen LogP contribution in [0.2, 0.25) is 0 Å². The predicted octanol–water partition coefficient (Wildman–Crippen LogP) is 3.26. The van der Waals surface area contributed by atoms with Gasteiger partial charge in [0.05, 0.1) is 13.5 Å². The number of methoxy groups -OCH3 is 1. The SMILES string of the molecule is COC(=O)CC(C)NC(=O)c1cccc(OCc2cccc(C)c2)c1. The molecular formula is C20H23NO4. The van der Waals surface area contributed by atoms with Crippen LogP contribution in [0.4, 0.5) is 0 Å². The van der Waals surface area contributed by atoms with Crippen LogP contribution in [-0.2, 0) is 16.1 Å². The topological polar surface area (TPSA) is 64.6 Å². The summed E-state index contributed by atoms with van der Waals surface area (Å²) in [6, 6.07) is 14.7. The van der Waals surface area contributed by atoms with E-state index in [1.807, 2.05) is 31.2 Å². The molecule has 2 aromatic rings. The van der Waals surface area contributed by atoms with Gasteiger partial charge in [-0.2, -0.15) is 0 Å². The van der Waals surface area contributed by atoms with Crippen molar-refractivity contribution in [1.82, 2.24) is 5.32 Å².